The predicted octanol–water partition coefficient (Wildman–Crippen LogP) is 13.4. The van der Waals surface area contributed by atoms with Gasteiger partial charge in [-0.05, 0) is 115 Å². The van der Waals surface area contributed by atoms with Gasteiger partial charge in [-0.15, -0.1) is 0 Å². The molecule has 0 bridgehead atoms. The molecule has 0 amide bonds. The summed E-state index contributed by atoms with van der Waals surface area (Å²) in [7, 11) is 0. The third-order valence-electron chi connectivity index (χ3n) is 10.7. The molecule has 0 fully saturated rings. The summed E-state index contributed by atoms with van der Waals surface area (Å²) >= 11 is 6.76. The summed E-state index contributed by atoms with van der Waals surface area (Å²) in [5.41, 5.74) is 7.55. The van der Waals surface area contributed by atoms with Gasteiger partial charge in [-0.3, -0.25) is 20.0 Å². The fourth-order valence-electron chi connectivity index (χ4n) is 6.64. The maximum atomic E-state index is 13.2. The van der Waals surface area contributed by atoms with E-state index in [0.29, 0.717) is 45.0 Å². The Morgan fingerprint density at radius 1 is 0.368 bits per heavy atom. The van der Waals surface area contributed by atoms with Crippen molar-refractivity contribution in [1.82, 2.24) is 0 Å². The number of hydrogen-bond donors (Lipinski definition) is 0. The van der Waals surface area contributed by atoms with Crippen molar-refractivity contribution >= 4 is 79.5 Å². The Balaban J connectivity index is 0.000000350. The number of benzene rings is 6. The summed E-state index contributed by atoms with van der Waals surface area (Å²) in [5.74, 6) is -0.226. The van der Waals surface area contributed by atoms with Gasteiger partial charge in [0.1, 0.15) is 0 Å². The number of para-hydroxylation sites is 4. The summed E-state index contributed by atoms with van der Waals surface area (Å²) < 4.78 is 1.62. The van der Waals surface area contributed by atoms with Crippen LogP contribution in [0.15, 0.2) is 138 Å². The van der Waals surface area contributed by atoms with Crippen LogP contribution in [0.3, 0.4) is 0 Å². The zero-order valence-corrected chi connectivity index (χ0v) is 45.7. The molecular weight excluding hydrogens is 1070 g/mol. The van der Waals surface area contributed by atoms with Crippen LogP contribution in [0, 0.1) is 0 Å². The molecule has 0 aliphatic rings. The Kier molecular flexibility index (Phi) is 20.0. The van der Waals surface area contributed by atoms with Crippen molar-refractivity contribution < 1.29 is 53.4 Å². The minimum atomic E-state index is -0.275. The van der Waals surface area contributed by atoms with E-state index in [1.54, 1.807) is 49.1 Å². The molecule has 6 aromatic carbocycles. The van der Waals surface area contributed by atoms with E-state index in [4.69, 9.17) is 0 Å². The van der Waals surface area contributed by atoms with Crippen molar-refractivity contribution in [1.29, 1.82) is 0 Å². The van der Waals surface area contributed by atoms with E-state index in [2.05, 4.69) is 93.4 Å². The molecule has 6 aromatic rings. The first-order valence-corrected chi connectivity index (χ1v) is 23.3. The molecule has 0 heterocycles. The van der Waals surface area contributed by atoms with Gasteiger partial charge < -0.3 is 20.4 Å². The van der Waals surface area contributed by atoms with Crippen LogP contribution in [0.5, 0.6) is 23.0 Å². The largest absolute Gasteiger partial charge is 2.00 e. The zero-order chi connectivity index (χ0) is 48.8. The van der Waals surface area contributed by atoms with Crippen molar-refractivity contribution in [3.8, 4) is 23.0 Å². The van der Waals surface area contributed by atoms with E-state index in [0.717, 1.165) is 31.2 Å². The van der Waals surface area contributed by atoms with Crippen LogP contribution in [0.25, 0.3) is 0 Å². The molecular formula is C56H58Br2N4Ni2O4. The maximum Gasteiger partial charge on any atom is 2.00 e. The molecule has 0 atom stereocenters. The first-order chi connectivity index (χ1) is 30.7. The van der Waals surface area contributed by atoms with Crippen molar-refractivity contribution in [2.24, 2.45) is 20.0 Å². The van der Waals surface area contributed by atoms with Crippen LogP contribution in [-0.4, -0.2) is 24.9 Å². The molecule has 0 radical (unpaired) electrons. The smallest absolute Gasteiger partial charge is 0.872 e. The van der Waals surface area contributed by atoms with Gasteiger partial charge in [-0.2, -0.15) is 0 Å². The van der Waals surface area contributed by atoms with Crippen molar-refractivity contribution in [3.05, 3.63) is 163 Å². The van der Waals surface area contributed by atoms with E-state index in [1.807, 2.05) is 114 Å². The molecule has 0 spiro atoms. The summed E-state index contributed by atoms with van der Waals surface area (Å²) in [5, 5.41) is 50.6. The van der Waals surface area contributed by atoms with Gasteiger partial charge in [0, 0.05) is 33.8 Å². The number of rotatable bonds is 8. The first-order valence-electron chi connectivity index (χ1n) is 21.7. The number of halogens is 2. The van der Waals surface area contributed by atoms with Gasteiger partial charge in [0.15, 0.2) is 0 Å². The molecule has 8 nitrogen and oxygen atoms in total. The van der Waals surface area contributed by atoms with Gasteiger partial charge >= 0.3 is 33.0 Å². The second kappa shape index (κ2) is 23.6. The van der Waals surface area contributed by atoms with Crippen LogP contribution >= 0.6 is 31.9 Å². The Labute approximate surface area is 440 Å². The predicted molar refractivity (Wildman–Crippen MR) is 276 cm³/mol. The van der Waals surface area contributed by atoms with Crippen LogP contribution in [0.4, 0.5) is 22.7 Å². The fourth-order valence-corrected chi connectivity index (χ4v) is 7.39. The topological polar surface area (TPSA) is 142 Å². The Bertz CT molecular complexity index is 2640. The molecule has 0 saturated carbocycles. The van der Waals surface area contributed by atoms with Gasteiger partial charge in [0.2, 0.25) is 0 Å². The molecule has 0 aromatic heterocycles. The standard InChI is InChI=1S/2C28H31BrN2O2.2Ni/c2*1-27(2,3)20-13-19(26(33)22(15-20)28(4,5)6)17-31-24-10-8-7-9-23(24)30-16-18-14-21(29)11-12-25(18)32;;/h2*7-17,32-33H,1-6H3;;/q;;2*+2/p-4. The van der Waals surface area contributed by atoms with E-state index in [9.17, 15) is 20.4 Å². The Hall–Kier alpha value is -4.85. The molecule has 360 valence electrons. The van der Waals surface area contributed by atoms with Crippen LogP contribution in [0.1, 0.15) is 128 Å². The van der Waals surface area contributed by atoms with Crippen molar-refractivity contribution in [3.63, 3.8) is 0 Å². The minimum Gasteiger partial charge on any atom is -0.872 e. The minimum absolute atomic E-state index is 0. The van der Waals surface area contributed by atoms with Gasteiger partial charge in [-0.25, -0.2) is 0 Å². The van der Waals surface area contributed by atoms with E-state index in [1.165, 1.54) is 12.1 Å². The van der Waals surface area contributed by atoms with E-state index >= 15 is 0 Å². The van der Waals surface area contributed by atoms with Crippen LogP contribution < -0.4 is 20.4 Å². The van der Waals surface area contributed by atoms with Crippen molar-refractivity contribution in [2.75, 3.05) is 0 Å². The molecule has 0 aliphatic carbocycles. The molecule has 0 aliphatic heterocycles. The number of aliphatic imine (C=N–C) groups is 4. The third-order valence-corrected chi connectivity index (χ3v) is 11.6. The Morgan fingerprint density at radius 2 is 0.647 bits per heavy atom. The Morgan fingerprint density at radius 3 is 0.912 bits per heavy atom. The second-order valence-electron chi connectivity index (χ2n) is 20.3. The number of nitrogens with zero attached hydrogens (tertiary/aromatic N) is 4. The normalized spacial score (nSPS) is 12.3. The SMILES string of the molecule is CC(C)(C)c1cc(C=Nc2ccccc2N=Cc2cc(Br)ccc2[O-])c([O-])c(C(C)(C)C)c1.CC(C)(C)c1cc(C=Nc2ccccc2N=Cc2cc(Br)ccc2[O-])c([O-])c(C(C)(C)C)c1.[Ni+2].[Ni+2]. The first kappa shape index (κ1) is 57.5. The van der Waals surface area contributed by atoms with E-state index < -0.39 is 0 Å². The van der Waals surface area contributed by atoms with Crippen LogP contribution in [-0.2, 0) is 54.6 Å². The monoisotopic (exact) mass is 1120 g/mol. The quantitative estimate of drug-likeness (QED) is 0.110. The number of hydrogen-bond acceptors (Lipinski definition) is 8. The zero-order valence-electron chi connectivity index (χ0n) is 40.5. The average Bonchev–Trinajstić information content (AvgIpc) is 3.22. The molecule has 0 N–H and O–H groups in total. The third kappa shape index (κ3) is 15.6. The van der Waals surface area contributed by atoms with Gasteiger partial charge in [0.05, 0.1) is 22.7 Å². The van der Waals surface area contributed by atoms with Gasteiger partial charge in [0.25, 0.3) is 0 Å². The molecule has 6 rings (SSSR count). The average molecular weight is 1130 g/mol. The molecule has 68 heavy (non-hydrogen) atoms. The summed E-state index contributed by atoms with van der Waals surface area (Å²) in [6.45, 7) is 25.1. The van der Waals surface area contributed by atoms with Crippen molar-refractivity contribution in [2.45, 2.75) is 105 Å². The summed E-state index contributed by atoms with van der Waals surface area (Å²) in [4.78, 5) is 18.2. The van der Waals surface area contributed by atoms with E-state index in [-0.39, 0.29) is 77.6 Å². The fraction of sp³-hybridized carbons (Fsp3) is 0.286. The molecule has 0 unspecified atom stereocenters. The summed E-state index contributed by atoms with van der Waals surface area (Å²) in [6.07, 6.45) is 6.33. The van der Waals surface area contributed by atoms with Crippen LogP contribution in [0.2, 0.25) is 0 Å². The molecule has 12 heteroatoms. The maximum absolute atomic E-state index is 13.2. The summed E-state index contributed by atoms with van der Waals surface area (Å²) in [6, 6.07) is 32.6. The van der Waals surface area contributed by atoms with Gasteiger partial charge in [-0.1, -0.05) is 199 Å². The second-order valence-corrected chi connectivity index (χ2v) is 22.1. The molecule has 0 saturated heterocycles.